The maximum Gasteiger partial charge on any atom is 0.199 e. The molecule has 0 atom stereocenters. The molecule has 1 aliphatic heterocycles. The number of phenolic OH excluding ortho intramolecular Hbond substituents is 1. The third-order valence-corrected chi connectivity index (χ3v) is 6.62. The summed E-state index contributed by atoms with van der Waals surface area (Å²) in [5.41, 5.74) is 1.42. The molecule has 6 nitrogen and oxygen atoms in total. The van der Waals surface area contributed by atoms with E-state index >= 15 is 0 Å². The van der Waals surface area contributed by atoms with Crippen molar-refractivity contribution >= 4 is 17.4 Å². The van der Waals surface area contributed by atoms with Crippen LogP contribution in [0.5, 0.6) is 11.5 Å². The molecule has 0 spiro atoms. The Hall–Kier alpha value is -3.75. The fraction of sp³-hybridized carbons (Fsp3) is 0.214. The second-order valence-electron chi connectivity index (χ2n) is 8.86. The zero-order valence-electron chi connectivity index (χ0n) is 19.7. The average Bonchev–Trinajstić information content (AvgIpc) is 3.31. The molecule has 0 saturated carbocycles. The molecule has 1 aromatic heterocycles. The molecule has 5 rings (SSSR count). The molecule has 3 aromatic carbocycles. The third kappa shape index (κ3) is 5.21. The lowest BCUT2D eigenvalue weighted by Crippen LogP contribution is -2.49. The monoisotopic (exact) mass is 524 g/mol. The van der Waals surface area contributed by atoms with Crippen molar-refractivity contribution in [2.45, 2.75) is 0 Å². The van der Waals surface area contributed by atoms with Gasteiger partial charge in [-0.2, -0.15) is 0 Å². The van der Waals surface area contributed by atoms with E-state index in [0.29, 0.717) is 35.8 Å². The first kappa shape index (κ1) is 24.9. The summed E-state index contributed by atoms with van der Waals surface area (Å²) in [4.78, 5) is 15.7. The molecule has 37 heavy (non-hydrogen) atoms. The van der Waals surface area contributed by atoms with Gasteiger partial charge in [-0.15, -0.1) is 0 Å². The summed E-state index contributed by atoms with van der Waals surface area (Å²) < 4.78 is 38.6. The highest BCUT2D eigenvalue weighted by atomic mass is 35.5. The van der Waals surface area contributed by atoms with Crippen molar-refractivity contribution in [3.05, 3.63) is 88.7 Å². The first-order chi connectivity index (χ1) is 17.9. The summed E-state index contributed by atoms with van der Waals surface area (Å²) in [6.45, 7) is 1.82. The summed E-state index contributed by atoms with van der Waals surface area (Å²) in [6.07, 6.45) is 0. The Morgan fingerprint density at radius 3 is 2.59 bits per heavy atom. The van der Waals surface area contributed by atoms with E-state index in [2.05, 4.69) is 5.16 Å². The van der Waals surface area contributed by atoms with Gasteiger partial charge in [-0.25, -0.2) is 4.39 Å². The second-order valence-corrected chi connectivity index (χ2v) is 9.27. The molecule has 0 unspecified atom stereocenters. The number of ether oxygens (including phenoxy) is 1. The fourth-order valence-electron chi connectivity index (χ4n) is 4.29. The number of alkyl halides is 1. The Kier molecular flexibility index (Phi) is 7.21. The van der Waals surface area contributed by atoms with Crippen molar-refractivity contribution in [2.75, 3.05) is 32.9 Å². The summed E-state index contributed by atoms with van der Waals surface area (Å²) in [5, 5.41) is 14.2. The number of aromatic hydroxyl groups is 1. The Morgan fingerprint density at radius 2 is 1.89 bits per heavy atom. The number of aromatic nitrogens is 1. The van der Waals surface area contributed by atoms with E-state index < -0.39 is 11.6 Å². The Morgan fingerprint density at radius 1 is 1.14 bits per heavy atom. The van der Waals surface area contributed by atoms with Gasteiger partial charge in [-0.05, 0) is 48.5 Å². The predicted octanol–water partition coefficient (Wildman–Crippen LogP) is 6.02. The van der Waals surface area contributed by atoms with Crippen molar-refractivity contribution in [1.29, 1.82) is 0 Å². The summed E-state index contributed by atoms with van der Waals surface area (Å²) in [5.74, 6) is -0.880. The number of benzene rings is 3. The number of hydrogen-bond donors (Lipinski definition) is 1. The lowest BCUT2D eigenvalue weighted by Gasteiger charge is -2.37. The molecule has 0 aliphatic carbocycles. The van der Waals surface area contributed by atoms with Gasteiger partial charge in [0, 0.05) is 42.2 Å². The number of rotatable bonds is 9. The smallest absolute Gasteiger partial charge is 0.199 e. The lowest BCUT2D eigenvalue weighted by atomic mass is 9.95. The minimum atomic E-state index is -0.682. The van der Waals surface area contributed by atoms with Crippen LogP contribution in [0.3, 0.4) is 0 Å². The number of likely N-dealkylation sites (tertiary alicyclic amines) is 1. The van der Waals surface area contributed by atoms with Gasteiger partial charge in [-0.1, -0.05) is 35.0 Å². The number of ketones is 1. The van der Waals surface area contributed by atoms with E-state index in [1.54, 1.807) is 36.4 Å². The molecule has 0 amide bonds. The van der Waals surface area contributed by atoms with Gasteiger partial charge >= 0.3 is 0 Å². The van der Waals surface area contributed by atoms with Crippen molar-refractivity contribution in [2.24, 2.45) is 5.92 Å². The first-order valence-corrected chi connectivity index (χ1v) is 12.1. The van der Waals surface area contributed by atoms with Gasteiger partial charge in [0.05, 0.1) is 17.3 Å². The molecule has 190 valence electrons. The van der Waals surface area contributed by atoms with Crippen LogP contribution < -0.4 is 4.74 Å². The summed E-state index contributed by atoms with van der Waals surface area (Å²) in [7, 11) is 0. The van der Waals surface area contributed by atoms with Crippen molar-refractivity contribution in [3.8, 4) is 34.1 Å². The van der Waals surface area contributed by atoms with Crippen LogP contribution in [0, 0.1) is 11.7 Å². The predicted molar refractivity (Wildman–Crippen MR) is 135 cm³/mol. The number of nitrogens with zero attached hydrogens (tertiary/aromatic N) is 2. The summed E-state index contributed by atoms with van der Waals surface area (Å²) in [6, 6.07) is 17.0. The molecular formula is C28H23ClF2N2O4. The van der Waals surface area contributed by atoms with Gasteiger partial charge in [0.1, 0.15) is 18.1 Å². The number of carbonyl (C=O) groups excluding carboxylic acids is 1. The van der Waals surface area contributed by atoms with Gasteiger partial charge in [0.25, 0.3) is 0 Å². The molecule has 0 bridgehead atoms. The van der Waals surface area contributed by atoms with E-state index in [0.717, 1.165) is 6.07 Å². The van der Waals surface area contributed by atoms with E-state index in [1.807, 2.05) is 4.90 Å². The van der Waals surface area contributed by atoms with E-state index in [4.69, 9.17) is 20.9 Å². The molecule has 1 fully saturated rings. The van der Waals surface area contributed by atoms with Crippen LogP contribution in [0.1, 0.15) is 15.9 Å². The highest BCUT2D eigenvalue weighted by Crippen LogP contribution is 2.37. The molecule has 2 heterocycles. The molecule has 1 saturated heterocycles. The zero-order chi connectivity index (χ0) is 25.9. The number of carbonyl (C=O) groups is 1. The maximum absolute atomic E-state index is 14.9. The highest BCUT2D eigenvalue weighted by molar-refractivity contribution is 6.33. The molecule has 4 aromatic rings. The van der Waals surface area contributed by atoms with Crippen LogP contribution in [0.4, 0.5) is 8.78 Å². The number of halogens is 3. The molecule has 9 heteroatoms. The highest BCUT2D eigenvalue weighted by Gasteiger charge is 2.28. The van der Waals surface area contributed by atoms with Gasteiger partial charge in [-0.3, -0.25) is 14.1 Å². The average molecular weight is 525 g/mol. The standard InChI is InChI=1S/C28H23ClF2N2O4/c29-22-4-2-1-3-21(22)26-25(28(37-32-26)18-5-8-20(34)9-6-18)27(35)19-7-10-24(23(31)13-19)36-12-11-33-15-17(14-30)16-33/h1-10,13,17,34H,11-12,14-16H2. The summed E-state index contributed by atoms with van der Waals surface area (Å²) >= 11 is 6.38. The van der Waals surface area contributed by atoms with Gasteiger partial charge < -0.3 is 14.4 Å². The Labute approximate surface area is 217 Å². The Balaban J connectivity index is 1.43. The largest absolute Gasteiger partial charge is 0.508 e. The maximum atomic E-state index is 14.9. The van der Waals surface area contributed by atoms with Crippen LogP contribution in [-0.4, -0.2) is 53.9 Å². The minimum absolute atomic E-state index is 0.0227. The van der Waals surface area contributed by atoms with E-state index in [9.17, 15) is 18.7 Å². The number of hydrogen-bond acceptors (Lipinski definition) is 6. The minimum Gasteiger partial charge on any atom is -0.508 e. The quantitative estimate of drug-likeness (QED) is 0.270. The van der Waals surface area contributed by atoms with E-state index in [-0.39, 0.29) is 53.3 Å². The van der Waals surface area contributed by atoms with Crippen LogP contribution in [0.2, 0.25) is 5.02 Å². The van der Waals surface area contributed by atoms with Crippen LogP contribution in [0.25, 0.3) is 22.6 Å². The zero-order valence-corrected chi connectivity index (χ0v) is 20.4. The Bertz CT molecular complexity index is 1420. The van der Waals surface area contributed by atoms with Crippen molar-refractivity contribution in [3.63, 3.8) is 0 Å². The number of phenols is 1. The van der Waals surface area contributed by atoms with Gasteiger partial charge in [0.15, 0.2) is 23.1 Å². The lowest BCUT2D eigenvalue weighted by molar-refractivity contribution is 0.0662. The topological polar surface area (TPSA) is 75.8 Å². The molecule has 1 N–H and O–H groups in total. The third-order valence-electron chi connectivity index (χ3n) is 6.29. The van der Waals surface area contributed by atoms with Crippen LogP contribution >= 0.6 is 11.6 Å². The molecular weight excluding hydrogens is 502 g/mol. The van der Waals surface area contributed by atoms with Crippen LogP contribution in [-0.2, 0) is 0 Å². The molecule has 0 radical (unpaired) electrons. The normalized spacial score (nSPS) is 13.9. The van der Waals surface area contributed by atoms with E-state index in [1.165, 1.54) is 24.3 Å². The van der Waals surface area contributed by atoms with Gasteiger partial charge in [0.2, 0.25) is 0 Å². The molecule has 1 aliphatic rings. The van der Waals surface area contributed by atoms with Crippen molar-refractivity contribution < 1.29 is 27.9 Å². The van der Waals surface area contributed by atoms with Crippen molar-refractivity contribution in [1.82, 2.24) is 10.1 Å². The fourth-order valence-corrected chi connectivity index (χ4v) is 4.52. The first-order valence-electron chi connectivity index (χ1n) is 11.7. The SMILES string of the molecule is O=C(c1ccc(OCCN2CC(CF)C2)c(F)c1)c1c(-c2ccccc2Cl)noc1-c1ccc(O)cc1. The van der Waals surface area contributed by atoms with Crippen LogP contribution in [0.15, 0.2) is 71.3 Å². The second kappa shape index (κ2) is 10.7.